The quantitative estimate of drug-likeness (QED) is 0.417. The second kappa shape index (κ2) is 5.94. The maximum atomic E-state index is 3.86. The Morgan fingerprint density at radius 2 is 1.52 bits per heavy atom. The van der Waals surface area contributed by atoms with Crippen LogP contribution >= 0.6 is 31.9 Å². The molecular formula is C19H16Br2. The van der Waals surface area contributed by atoms with Crippen molar-refractivity contribution in [3.05, 3.63) is 81.3 Å². The van der Waals surface area contributed by atoms with Crippen LogP contribution in [0.4, 0.5) is 0 Å². The number of halogens is 2. The third-order valence-corrected chi connectivity index (χ3v) is 5.33. The first kappa shape index (κ1) is 14.8. The van der Waals surface area contributed by atoms with Crippen molar-refractivity contribution in [2.45, 2.75) is 18.7 Å². The van der Waals surface area contributed by atoms with Crippen molar-refractivity contribution in [1.29, 1.82) is 0 Å². The fourth-order valence-corrected chi connectivity index (χ4v) is 3.86. The van der Waals surface area contributed by atoms with Crippen molar-refractivity contribution in [3.8, 4) is 0 Å². The molecule has 0 aromatic heterocycles. The maximum absolute atomic E-state index is 3.86. The lowest BCUT2D eigenvalue weighted by molar-refractivity contribution is 1.14. The monoisotopic (exact) mass is 402 g/mol. The molecule has 106 valence electrons. The average molecular weight is 404 g/mol. The molecule has 21 heavy (non-hydrogen) atoms. The standard InChI is InChI=1S/C19H16Br2/c1-12-3-8-18(13(2)9-12)19(21)16-5-4-15-11-17(20)7-6-14(15)10-16/h3-11,19H,1-2H3. The number of hydrogen-bond acceptors (Lipinski definition) is 0. The lowest BCUT2D eigenvalue weighted by Gasteiger charge is -2.15. The first-order chi connectivity index (χ1) is 10.0. The largest absolute Gasteiger partial charge is 0.0786 e. The van der Waals surface area contributed by atoms with E-state index in [-0.39, 0.29) is 4.83 Å². The van der Waals surface area contributed by atoms with E-state index in [0.29, 0.717) is 0 Å². The molecule has 0 aliphatic carbocycles. The van der Waals surface area contributed by atoms with E-state index in [9.17, 15) is 0 Å². The smallest absolute Gasteiger partial charge is 0.0647 e. The van der Waals surface area contributed by atoms with Gasteiger partial charge in [-0.1, -0.05) is 73.8 Å². The van der Waals surface area contributed by atoms with Crippen LogP contribution in [0.3, 0.4) is 0 Å². The minimum atomic E-state index is 0.228. The summed E-state index contributed by atoms with van der Waals surface area (Å²) in [5, 5.41) is 2.53. The van der Waals surface area contributed by atoms with E-state index >= 15 is 0 Å². The SMILES string of the molecule is Cc1ccc(C(Br)c2ccc3cc(Br)ccc3c2)c(C)c1. The van der Waals surface area contributed by atoms with Crippen LogP contribution in [0.2, 0.25) is 0 Å². The van der Waals surface area contributed by atoms with E-state index in [0.717, 1.165) is 4.47 Å². The number of benzene rings is 3. The fourth-order valence-electron chi connectivity index (χ4n) is 2.68. The van der Waals surface area contributed by atoms with Crippen LogP contribution in [0.1, 0.15) is 27.1 Å². The third-order valence-electron chi connectivity index (χ3n) is 3.82. The van der Waals surface area contributed by atoms with E-state index in [4.69, 9.17) is 0 Å². The molecule has 3 aromatic carbocycles. The molecular weight excluding hydrogens is 388 g/mol. The maximum Gasteiger partial charge on any atom is 0.0647 e. The second-order valence-electron chi connectivity index (χ2n) is 5.47. The summed E-state index contributed by atoms with van der Waals surface area (Å²) in [7, 11) is 0. The van der Waals surface area contributed by atoms with Gasteiger partial charge in [0.1, 0.15) is 0 Å². The highest BCUT2D eigenvalue weighted by Crippen LogP contribution is 2.35. The summed E-state index contributed by atoms with van der Waals surface area (Å²) in [6, 6.07) is 19.7. The van der Waals surface area contributed by atoms with Crippen LogP contribution < -0.4 is 0 Å². The van der Waals surface area contributed by atoms with Crippen LogP contribution in [0.15, 0.2) is 59.1 Å². The Morgan fingerprint density at radius 3 is 2.29 bits per heavy atom. The normalized spacial score (nSPS) is 12.6. The fraction of sp³-hybridized carbons (Fsp3) is 0.158. The molecule has 0 bridgehead atoms. The van der Waals surface area contributed by atoms with Gasteiger partial charge in [-0.3, -0.25) is 0 Å². The number of fused-ring (bicyclic) bond motifs is 1. The number of hydrogen-bond donors (Lipinski definition) is 0. The van der Waals surface area contributed by atoms with Gasteiger partial charge < -0.3 is 0 Å². The van der Waals surface area contributed by atoms with Crippen molar-refractivity contribution >= 4 is 42.6 Å². The Bertz CT molecular complexity index is 806. The predicted octanol–water partition coefficient (Wildman–Crippen LogP) is 6.70. The highest BCUT2D eigenvalue weighted by atomic mass is 79.9. The minimum Gasteiger partial charge on any atom is -0.0786 e. The summed E-state index contributed by atoms with van der Waals surface area (Å²) in [4.78, 5) is 0.228. The molecule has 0 heterocycles. The Hall–Kier alpha value is -1.12. The van der Waals surface area contributed by atoms with Gasteiger partial charge in [-0.2, -0.15) is 0 Å². The molecule has 0 amide bonds. The predicted molar refractivity (Wildman–Crippen MR) is 98.3 cm³/mol. The van der Waals surface area contributed by atoms with Gasteiger partial charge in [0.25, 0.3) is 0 Å². The van der Waals surface area contributed by atoms with Gasteiger partial charge in [0.05, 0.1) is 4.83 Å². The molecule has 0 aliphatic rings. The first-order valence-corrected chi connectivity index (χ1v) is 8.66. The number of alkyl halides is 1. The molecule has 0 aliphatic heterocycles. The van der Waals surface area contributed by atoms with E-state index in [2.05, 4.69) is 100 Å². The molecule has 0 fully saturated rings. The molecule has 3 aromatic rings. The highest BCUT2D eigenvalue weighted by molar-refractivity contribution is 9.10. The highest BCUT2D eigenvalue weighted by Gasteiger charge is 2.13. The number of aryl methyl sites for hydroxylation is 2. The van der Waals surface area contributed by atoms with Crippen LogP contribution in [0, 0.1) is 13.8 Å². The van der Waals surface area contributed by atoms with Crippen LogP contribution in [-0.4, -0.2) is 0 Å². The number of rotatable bonds is 2. The summed E-state index contributed by atoms with van der Waals surface area (Å²) in [5.74, 6) is 0. The zero-order chi connectivity index (χ0) is 15.0. The molecule has 1 unspecified atom stereocenters. The van der Waals surface area contributed by atoms with Crippen molar-refractivity contribution < 1.29 is 0 Å². The van der Waals surface area contributed by atoms with Crippen molar-refractivity contribution in [3.63, 3.8) is 0 Å². The second-order valence-corrected chi connectivity index (χ2v) is 7.30. The Labute approximate surface area is 142 Å². The topological polar surface area (TPSA) is 0 Å². The van der Waals surface area contributed by atoms with Gasteiger partial charge in [0.15, 0.2) is 0 Å². The summed E-state index contributed by atoms with van der Waals surface area (Å²) in [6.07, 6.45) is 0. The molecule has 0 saturated heterocycles. The van der Waals surface area contributed by atoms with Crippen LogP contribution in [-0.2, 0) is 0 Å². The van der Waals surface area contributed by atoms with E-state index < -0.39 is 0 Å². The van der Waals surface area contributed by atoms with Crippen LogP contribution in [0.25, 0.3) is 10.8 Å². The molecule has 0 nitrogen and oxygen atoms in total. The lowest BCUT2D eigenvalue weighted by atomic mass is 9.97. The summed E-state index contributed by atoms with van der Waals surface area (Å²) >= 11 is 7.38. The zero-order valence-electron chi connectivity index (χ0n) is 12.0. The van der Waals surface area contributed by atoms with Crippen molar-refractivity contribution in [1.82, 2.24) is 0 Å². The zero-order valence-corrected chi connectivity index (χ0v) is 15.2. The van der Waals surface area contributed by atoms with Crippen molar-refractivity contribution in [2.24, 2.45) is 0 Å². The molecule has 0 N–H and O–H groups in total. The van der Waals surface area contributed by atoms with Gasteiger partial charge in [-0.25, -0.2) is 0 Å². The van der Waals surface area contributed by atoms with Gasteiger partial charge in [-0.15, -0.1) is 0 Å². The Morgan fingerprint density at radius 1 is 0.810 bits per heavy atom. The summed E-state index contributed by atoms with van der Waals surface area (Å²) < 4.78 is 1.12. The molecule has 0 radical (unpaired) electrons. The van der Waals surface area contributed by atoms with Gasteiger partial charge in [-0.05, 0) is 59.5 Å². The molecule has 3 rings (SSSR count). The molecule has 0 saturated carbocycles. The molecule has 1 atom stereocenters. The van der Waals surface area contributed by atoms with Gasteiger partial charge >= 0.3 is 0 Å². The Balaban J connectivity index is 2.04. The summed E-state index contributed by atoms with van der Waals surface area (Å²) in [6.45, 7) is 4.31. The molecule has 0 spiro atoms. The van der Waals surface area contributed by atoms with E-state index in [1.807, 2.05) is 0 Å². The lowest BCUT2D eigenvalue weighted by Crippen LogP contribution is -1.96. The van der Waals surface area contributed by atoms with Gasteiger partial charge in [0.2, 0.25) is 0 Å². The first-order valence-electron chi connectivity index (χ1n) is 6.95. The molecule has 2 heteroatoms. The average Bonchev–Trinajstić information content (AvgIpc) is 2.46. The minimum absolute atomic E-state index is 0.228. The van der Waals surface area contributed by atoms with E-state index in [1.165, 1.54) is 33.0 Å². The van der Waals surface area contributed by atoms with E-state index in [1.54, 1.807) is 0 Å². The third kappa shape index (κ3) is 3.07. The van der Waals surface area contributed by atoms with Gasteiger partial charge in [0, 0.05) is 4.47 Å². The Kier molecular flexibility index (Phi) is 4.19. The van der Waals surface area contributed by atoms with Crippen molar-refractivity contribution in [2.75, 3.05) is 0 Å². The summed E-state index contributed by atoms with van der Waals surface area (Å²) in [5.41, 5.74) is 5.25. The van der Waals surface area contributed by atoms with Crippen LogP contribution in [0.5, 0.6) is 0 Å².